The van der Waals surface area contributed by atoms with Gasteiger partial charge < -0.3 is 15.0 Å². The highest BCUT2D eigenvalue weighted by molar-refractivity contribution is 5.79. The molecule has 3 rings (SSSR count). The Morgan fingerprint density at radius 3 is 2.77 bits per heavy atom. The van der Waals surface area contributed by atoms with Gasteiger partial charge in [-0.25, -0.2) is 0 Å². The van der Waals surface area contributed by atoms with E-state index in [1.165, 1.54) is 0 Å². The van der Waals surface area contributed by atoms with Gasteiger partial charge in [0.05, 0.1) is 7.11 Å². The Hall–Kier alpha value is -1.55. The van der Waals surface area contributed by atoms with Gasteiger partial charge in [0.15, 0.2) is 0 Å². The maximum absolute atomic E-state index is 13.0. The van der Waals surface area contributed by atoms with Gasteiger partial charge in [-0.2, -0.15) is 0 Å². The minimum atomic E-state index is 0.173. The van der Waals surface area contributed by atoms with Gasteiger partial charge in [-0.1, -0.05) is 18.2 Å². The fourth-order valence-corrected chi connectivity index (χ4v) is 3.38. The highest BCUT2D eigenvalue weighted by Crippen LogP contribution is 2.33. The number of ether oxygens (including phenoxy) is 1. The molecule has 0 aromatic heterocycles. The quantitative estimate of drug-likeness (QED) is 0.909. The number of hydrogen-bond donors (Lipinski definition) is 1. The first-order chi connectivity index (χ1) is 10.7. The molecule has 4 nitrogen and oxygen atoms in total. The van der Waals surface area contributed by atoms with Gasteiger partial charge in [-0.15, -0.1) is 0 Å². The van der Waals surface area contributed by atoms with Crippen LogP contribution in [0.25, 0.3) is 0 Å². The molecule has 0 bridgehead atoms. The molecule has 0 unspecified atom stereocenters. The van der Waals surface area contributed by atoms with Crippen LogP contribution in [0, 0.1) is 5.92 Å². The van der Waals surface area contributed by atoms with Crippen molar-refractivity contribution in [2.75, 3.05) is 13.7 Å². The third kappa shape index (κ3) is 3.43. The topological polar surface area (TPSA) is 41.6 Å². The van der Waals surface area contributed by atoms with E-state index in [1.807, 2.05) is 18.2 Å². The molecule has 22 heavy (non-hydrogen) atoms. The Bertz CT molecular complexity index is 528. The third-order valence-corrected chi connectivity index (χ3v) is 4.78. The van der Waals surface area contributed by atoms with Gasteiger partial charge in [0.1, 0.15) is 5.75 Å². The number of carbonyl (C=O) groups excluding carboxylic acids is 1. The minimum absolute atomic E-state index is 0.173. The molecule has 2 atom stereocenters. The maximum Gasteiger partial charge on any atom is 0.226 e. The average molecular weight is 302 g/mol. The summed E-state index contributed by atoms with van der Waals surface area (Å²) >= 11 is 0. The van der Waals surface area contributed by atoms with Crippen LogP contribution >= 0.6 is 0 Å². The molecule has 0 radical (unpaired) electrons. The van der Waals surface area contributed by atoms with Gasteiger partial charge in [0.2, 0.25) is 5.91 Å². The van der Waals surface area contributed by atoms with Gasteiger partial charge >= 0.3 is 0 Å². The average Bonchev–Trinajstić information content (AvgIpc) is 3.37. The summed E-state index contributed by atoms with van der Waals surface area (Å²) in [5, 5.41) is 3.43. The van der Waals surface area contributed by atoms with Crippen molar-refractivity contribution in [3.05, 3.63) is 29.8 Å². The monoisotopic (exact) mass is 302 g/mol. The van der Waals surface area contributed by atoms with Crippen LogP contribution in [0.5, 0.6) is 5.75 Å². The van der Waals surface area contributed by atoms with E-state index in [1.54, 1.807) is 7.11 Å². The second-order valence-corrected chi connectivity index (χ2v) is 6.59. The van der Waals surface area contributed by atoms with Gasteiger partial charge in [0, 0.05) is 30.1 Å². The molecule has 1 aromatic carbocycles. The molecule has 1 saturated carbocycles. The minimum Gasteiger partial charge on any atom is -0.496 e. The molecule has 2 aliphatic rings. The van der Waals surface area contributed by atoms with Crippen LogP contribution in [0.4, 0.5) is 0 Å². The van der Waals surface area contributed by atoms with E-state index in [9.17, 15) is 4.79 Å². The molecule has 1 amide bonds. The fourth-order valence-electron chi connectivity index (χ4n) is 3.38. The van der Waals surface area contributed by atoms with Crippen molar-refractivity contribution in [2.45, 2.75) is 51.2 Å². The Morgan fingerprint density at radius 2 is 2.09 bits per heavy atom. The van der Waals surface area contributed by atoms with E-state index in [0.717, 1.165) is 43.5 Å². The van der Waals surface area contributed by atoms with E-state index in [2.05, 4.69) is 23.2 Å². The van der Waals surface area contributed by atoms with Crippen molar-refractivity contribution in [1.29, 1.82) is 0 Å². The number of benzene rings is 1. The second-order valence-electron chi connectivity index (χ2n) is 6.59. The lowest BCUT2D eigenvalue weighted by Crippen LogP contribution is -2.44. The van der Waals surface area contributed by atoms with Gasteiger partial charge in [-0.3, -0.25) is 4.79 Å². The first-order valence-electron chi connectivity index (χ1n) is 8.34. The van der Waals surface area contributed by atoms with Crippen LogP contribution in [-0.4, -0.2) is 36.5 Å². The predicted octanol–water partition coefficient (Wildman–Crippen LogP) is 2.57. The number of rotatable bonds is 5. The largest absolute Gasteiger partial charge is 0.496 e. The fraction of sp³-hybridized carbons (Fsp3) is 0.611. The molecule has 1 N–H and O–H groups in total. The van der Waals surface area contributed by atoms with Crippen LogP contribution in [0.2, 0.25) is 0 Å². The molecule has 1 aliphatic heterocycles. The van der Waals surface area contributed by atoms with Crippen molar-refractivity contribution in [3.8, 4) is 5.75 Å². The molecule has 1 aromatic rings. The third-order valence-electron chi connectivity index (χ3n) is 4.78. The van der Waals surface area contributed by atoms with Crippen molar-refractivity contribution >= 4 is 5.91 Å². The number of nitrogens with zero attached hydrogens (tertiary/aromatic N) is 1. The number of methoxy groups -OCH3 is 1. The number of nitrogens with one attached hydrogen (secondary N) is 1. The highest BCUT2D eigenvalue weighted by atomic mass is 16.5. The first-order valence-corrected chi connectivity index (χ1v) is 8.34. The molecule has 4 heteroatoms. The van der Waals surface area contributed by atoms with Crippen LogP contribution < -0.4 is 10.1 Å². The lowest BCUT2D eigenvalue weighted by Gasteiger charge is -2.32. The molecule has 0 spiro atoms. The molecular weight excluding hydrogens is 276 g/mol. The summed E-state index contributed by atoms with van der Waals surface area (Å²) in [5.74, 6) is 1.38. The Balaban J connectivity index is 1.74. The van der Waals surface area contributed by atoms with Gasteiger partial charge in [0.25, 0.3) is 0 Å². The first kappa shape index (κ1) is 15.3. The van der Waals surface area contributed by atoms with E-state index in [4.69, 9.17) is 4.74 Å². The van der Waals surface area contributed by atoms with Crippen LogP contribution in [-0.2, 0) is 11.3 Å². The van der Waals surface area contributed by atoms with Crippen molar-refractivity contribution in [3.63, 3.8) is 0 Å². The van der Waals surface area contributed by atoms with E-state index in [-0.39, 0.29) is 5.92 Å². The summed E-state index contributed by atoms with van der Waals surface area (Å²) in [7, 11) is 1.69. The van der Waals surface area contributed by atoms with E-state index >= 15 is 0 Å². The number of piperidine rings is 1. The summed E-state index contributed by atoms with van der Waals surface area (Å²) in [4.78, 5) is 15.1. The normalized spacial score (nSPS) is 24.8. The SMILES string of the molecule is COc1ccccc1CN(C(=O)[C@H]1CCN[C@@H](C)C1)C1CC1. The maximum atomic E-state index is 13.0. The predicted molar refractivity (Wildman–Crippen MR) is 86.8 cm³/mol. The van der Waals surface area contributed by atoms with Crippen LogP contribution in [0.3, 0.4) is 0 Å². The van der Waals surface area contributed by atoms with Crippen LogP contribution in [0.15, 0.2) is 24.3 Å². The summed E-state index contributed by atoms with van der Waals surface area (Å²) in [6.45, 7) is 3.79. The zero-order chi connectivity index (χ0) is 15.5. The molecule has 1 aliphatic carbocycles. The summed E-state index contributed by atoms with van der Waals surface area (Å²) in [5.41, 5.74) is 1.10. The summed E-state index contributed by atoms with van der Waals surface area (Å²) in [6, 6.07) is 8.89. The molecule has 1 heterocycles. The smallest absolute Gasteiger partial charge is 0.226 e. The van der Waals surface area contributed by atoms with Crippen LogP contribution in [0.1, 0.15) is 38.2 Å². The Kier molecular flexibility index (Phi) is 4.67. The van der Waals surface area contributed by atoms with Crippen molar-refractivity contribution in [1.82, 2.24) is 10.2 Å². The number of carbonyl (C=O) groups is 1. The lowest BCUT2D eigenvalue weighted by molar-refractivity contribution is -0.138. The van der Waals surface area contributed by atoms with E-state index in [0.29, 0.717) is 24.5 Å². The number of hydrogen-bond acceptors (Lipinski definition) is 3. The zero-order valence-corrected chi connectivity index (χ0v) is 13.5. The number of amides is 1. The van der Waals surface area contributed by atoms with Gasteiger partial charge in [-0.05, 0) is 45.2 Å². The summed E-state index contributed by atoms with van der Waals surface area (Å²) < 4.78 is 5.44. The second kappa shape index (κ2) is 6.69. The highest BCUT2D eigenvalue weighted by Gasteiger charge is 2.37. The molecule has 1 saturated heterocycles. The van der Waals surface area contributed by atoms with Crippen molar-refractivity contribution in [2.24, 2.45) is 5.92 Å². The lowest BCUT2D eigenvalue weighted by atomic mass is 9.91. The molecule has 2 fully saturated rings. The number of para-hydroxylation sites is 1. The summed E-state index contributed by atoms with van der Waals surface area (Å²) in [6.07, 6.45) is 4.19. The van der Waals surface area contributed by atoms with E-state index < -0.39 is 0 Å². The zero-order valence-electron chi connectivity index (χ0n) is 13.5. The molecular formula is C18H26N2O2. The molecule has 120 valence electrons. The Labute approximate surface area is 132 Å². The van der Waals surface area contributed by atoms with Crippen molar-refractivity contribution < 1.29 is 9.53 Å². The standard InChI is InChI=1S/C18H26N2O2/c1-13-11-14(9-10-19-13)18(21)20(16-7-8-16)12-15-5-3-4-6-17(15)22-2/h3-6,13-14,16,19H,7-12H2,1-2H3/t13-,14-/m0/s1. The Morgan fingerprint density at radius 1 is 1.32 bits per heavy atom.